The highest BCUT2D eigenvalue weighted by atomic mass is 32.2. The van der Waals surface area contributed by atoms with Crippen molar-refractivity contribution in [1.82, 2.24) is 4.98 Å². The molecule has 1 heterocycles. The van der Waals surface area contributed by atoms with Crippen LogP contribution in [0.3, 0.4) is 0 Å². The molecule has 0 amide bonds. The third kappa shape index (κ3) is 2.96. The molecule has 5 heteroatoms. The zero-order valence-corrected chi connectivity index (χ0v) is 15.7. The fourth-order valence-corrected chi connectivity index (χ4v) is 5.01. The van der Waals surface area contributed by atoms with Gasteiger partial charge in [-0.25, -0.2) is 0 Å². The lowest BCUT2D eigenvalue weighted by Crippen LogP contribution is -2.19. The van der Waals surface area contributed by atoms with Crippen LogP contribution in [-0.4, -0.2) is 21.8 Å². The van der Waals surface area contributed by atoms with Gasteiger partial charge in [-0.2, -0.15) is 5.26 Å². The Labute approximate surface area is 161 Å². The highest BCUT2D eigenvalue weighted by Gasteiger charge is 2.57. The molecule has 1 aliphatic rings. The summed E-state index contributed by atoms with van der Waals surface area (Å²) in [6.45, 7) is 2.00. The summed E-state index contributed by atoms with van der Waals surface area (Å²) in [5.74, 6) is 0.0554. The van der Waals surface area contributed by atoms with Gasteiger partial charge in [-0.15, -0.1) is 11.8 Å². The van der Waals surface area contributed by atoms with E-state index < -0.39 is 11.4 Å². The van der Waals surface area contributed by atoms with Gasteiger partial charge in [0.25, 0.3) is 0 Å². The number of rotatable bonds is 5. The Kier molecular flexibility index (Phi) is 4.37. The van der Waals surface area contributed by atoms with E-state index in [0.717, 1.165) is 33.2 Å². The first-order chi connectivity index (χ1) is 13.1. The van der Waals surface area contributed by atoms with Gasteiger partial charge in [-0.3, -0.25) is 9.78 Å². The molecule has 0 aliphatic heterocycles. The molecule has 2 aromatic carbocycles. The number of aromatic nitrogens is 1. The molecule has 1 N–H and O–H groups in total. The van der Waals surface area contributed by atoms with Crippen molar-refractivity contribution in [3.05, 3.63) is 60.4 Å². The van der Waals surface area contributed by atoms with Crippen LogP contribution in [0.15, 0.2) is 59.8 Å². The zero-order valence-electron chi connectivity index (χ0n) is 14.8. The van der Waals surface area contributed by atoms with E-state index in [0.29, 0.717) is 11.3 Å². The monoisotopic (exact) mass is 374 g/mol. The Morgan fingerprint density at radius 1 is 1.26 bits per heavy atom. The van der Waals surface area contributed by atoms with Crippen LogP contribution in [0.4, 0.5) is 0 Å². The summed E-state index contributed by atoms with van der Waals surface area (Å²) in [4.78, 5) is 17.0. The molecule has 0 radical (unpaired) electrons. The van der Waals surface area contributed by atoms with Gasteiger partial charge in [0.2, 0.25) is 0 Å². The van der Waals surface area contributed by atoms with Crippen LogP contribution in [0.25, 0.3) is 21.9 Å². The van der Waals surface area contributed by atoms with Gasteiger partial charge in [-0.1, -0.05) is 37.3 Å². The second-order valence-electron chi connectivity index (χ2n) is 7.05. The van der Waals surface area contributed by atoms with Crippen molar-refractivity contribution < 1.29 is 9.90 Å². The maximum atomic E-state index is 11.7. The first kappa shape index (κ1) is 17.6. The molecule has 0 saturated heterocycles. The highest BCUT2D eigenvalue weighted by molar-refractivity contribution is 7.99. The molecule has 1 aromatic heterocycles. The van der Waals surface area contributed by atoms with E-state index in [1.54, 1.807) is 18.0 Å². The number of hydrogen-bond donors (Lipinski definition) is 1. The molecule has 2 atom stereocenters. The second-order valence-corrected chi connectivity index (χ2v) is 8.06. The fraction of sp³-hybridized carbons (Fsp3) is 0.227. The summed E-state index contributed by atoms with van der Waals surface area (Å²) < 4.78 is 0. The second kappa shape index (κ2) is 6.71. The lowest BCUT2D eigenvalue weighted by Gasteiger charge is -2.15. The van der Waals surface area contributed by atoms with Crippen LogP contribution in [0.2, 0.25) is 0 Å². The number of carboxylic acids is 1. The largest absolute Gasteiger partial charge is 0.481 e. The van der Waals surface area contributed by atoms with E-state index in [2.05, 4.69) is 11.1 Å². The molecule has 1 aliphatic carbocycles. The molecule has 4 rings (SSSR count). The molecule has 3 aromatic rings. The normalized spacial score (nSPS) is 21.0. The lowest BCUT2D eigenvalue weighted by molar-refractivity contribution is -0.142. The van der Waals surface area contributed by atoms with Crippen molar-refractivity contribution in [2.75, 3.05) is 5.75 Å². The Hall–Kier alpha value is -2.84. The standard InChI is InChI=1S/C22H18N2O2S/c1-14-10-22(14,21(25)26)13-27-20-8-9-24-12-19(20)18-7-6-15(11-23)16-4-2-3-5-17(16)18/h2-9,12,14H,10,13H2,1H3,(H,25,26). The molecule has 1 fully saturated rings. The van der Waals surface area contributed by atoms with E-state index in [1.807, 2.05) is 55.6 Å². The van der Waals surface area contributed by atoms with Gasteiger partial charge in [0.05, 0.1) is 17.0 Å². The predicted octanol–water partition coefficient (Wildman–Crippen LogP) is 4.98. The Morgan fingerprint density at radius 2 is 2.00 bits per heavy atom. The fourth-order valence-electron chi connectivity index (χ4n) is 3.60. The van der Waals surface area contributed by atoms with Crippen LogP contribution < -0.4 is 0 Å². The number of fused-ring (bicyclic) bond motifs is 1. The quantitative estimate of drug-likeness (QED) is 0.638. The maximum Gasteiger partial charge on any atom is 0.310 e. The highest BCUT2D eigenvalue weighted by Crippen LogP contribution is 2.55. The van der Waals surface area contributed by atoms with Gasteiger partial charge >= 0.3 is 5.97 Å². The van der Waals surface area contributed by atoms with E-state index in [1.165, 1.54) is 0 Å². The van der Waals surface area contributed by atoms with Crippen molar-refractivity contribution in [2.24, 2.45) is 11.3 Å². The van der Waals surface area contributed by atoms with E-state index >= 15 is 0 Å². The molecule has 4 nitrogen and oxygen atoms in total. The number of nitriles is 1. The van der Waals surface area contributed by atoms with E-state index in [-0.39, 0.29) is 5.92 Å². The van der Waals surface area contributed by atoms with Crippen molar-refractivity contribution in [3.63, 3.8) is 0 Å². The molecule has 0 spiro atoms. The first-order valence-corrected chi connectivity index (χ1v) is 9.78. The number of pyridine rings is 1. The van der Waals surface area contributed by atoms with Crippen LogP contribution >= 0.6 is 11.8 Å². The number of nitrogens with zero attached hydrogens (tertiary/aromatic N) is 2. The average molecular weight is 374 g/mol. The average Bonchev–Trinajstić information content (AvgIpc) is 3.37. The number of carboxylic acid groups (broad SMARTS) is 1. The van der Waals surface area contributed by atoms with Crippen LogP contribution in [0.5, 0.6) is 0 Å². The summed E-state index contributed by atoms with van der Waals surface area (Å²) in [5, 5.41) is 20.9. The molecule has 27 heavy (non-hydrogen) atoms. The van der Waals surface area contributed by atoms with Crippen molar-refractivity contribution in [2.45, 2.75) is 18.2 Å². The lowest BCUT2D eigenvalue weighted by atomic mass is 9.96. The van der Waals surface area contributed by atoms with Crippen LogP contribution in [0.1, 0.15) is 18.9 Å². The van der Waals surface area contributed by atoms with Gasteiger partial charge in [0.1, 0.15) is 0 Å². The molecule has 0 bridgehead atoms. The maximum absolute atomic E-state index is 11.7. The van der Waals surface area contributed by atoms with Crippen molar-refractivity contribution >= 4 is 28.5 Å². The zero-order chi connectivity index (χ0) is 19.0. The molecule has 2 unspecified atom stereocenters. The minimum absolute atomic E-state index is 0.212. The third-order valence-electron chi connectivity index (χ3n) is 5.48. The Balaban J connectivity index is 1.76. The van der Waals surface area contributed by atoms with Crippen molar-refractivity contribution in [3.8, 4) is 17.2 Å². The van der Waals surface area contributed by atoms with Gasteiger partial charge in [0.15, 0.2) is 0 Å². The minimum atomic E-state index is -0.707. The third-order valence-corrected chi connectivity index (χ3v) is 6.81. The topological polar surface area (TPSA) is 74.0 Å². The number of hydrogen-bond acceptors (Lipinski definition) is 4. The minimum Gasteiger partial charge on any atom is -0.481 e. The SMILES string of the molecule is CC1CC1(CSc1ccncc1-c1ccc(C#N)c2ccccc12)C(=O)O. The summed E-state index contributed by atoms with van der Waals surface area (Å²) in [6, 6.07) is 15.8. The van der Waals surface area contributed by atoms with E-state index in [4.69, 9.17) is 0 Å². The molecular weight excluding hydrogens is 356 g/mol. The smallest absolute Gasteiger partial charge is 0.310 e. The Bertz CT molecular complexity index is 1090. The summed E-state index contributed by atoms with van der Waals surface area (Å²) in [7, 11) is 0. The number of benzene rings is 2. The number of thioether (sulfide) groups is 1. The van der Waals surface area contributed by atoms with Crippen molar-refractivity contribution in [1.29, 1.82) is 5.26 Å². The summed E-state index contributed by atoms with van der Waals surface area (Å²) in [6.07, 6.45) is 4.29. The summed E-state index contributed by atoms with van der Waals surface area (Å²) >= 11 is 1.58. The van der Waals surface area contributed by atoms with Gasteiger partial charge < -0.3 is 5.11 Å². The van der Waals surface area contributed by atoms with Gasteiger partial charge in [0, 0.05) is 34.0 Å². The molecular formula is C22H18N2O2S. The van der Waals surface area contributed by atoms with Crippen LogP contribution in [-0.2, 0) is 4.79 Å². The van der Waals surface area contributed by atoms with E-state index in [9.17, 15) is 15.2 Å². The number of carbonyl (C=O) groups is 1. The Morgan fingerprint density at radius 3 is 2.67 bits per heavy atom. The predicted molar refractivity (Wildman–Crippen MR) is 106 cm³/mol. The molecule has 1 saturated carbocycles. The van der Waals surface area contributed by atoms with Gasteiger partial charge in [-0.05, 0) is 35.4 Å². The summed E-state index contributed by atoms with van der Waals surface area (Å²) in [5.41, 5.74) is 2.01. The number of aliphatic carboxylic acids is 1. The van der Waals surface area contributed by atoms with Crippen LogP contribution in [0, 0.1) is 22.7 Å². The first-order valence-electron chi connectivity index (χ1n) is 8.79. The molecule has 134 valence electrons.